The van der Waals surface area contributed by atoms with E-state index in [1.807, 2.05) is 18.2 Å². The minimum Gasteiger partial charge on any atom is -0.258 e. The molecule has 0 amide bonds. The van der Waals surface area contributed by atoms with Gasteiger partial charge in [-0.15, -0.1) is 0 Å². The van der Waals surface area contributed by atoms with Crippen LogP contribution in [0.25, 0.3) is 0 Å². The summed E-state index contributed by atoms with van der Waals surface area (Å²) in [5, 5.41) is 19.8. The summed E-state index contributed by atoms with van der Waals surface area (Å²) in [7, 11) is 0. The molecule has 0 saturated heterocycles. The largest absolute Gasteiger partial charge is 0.288 e. The average molecular weight is 298 g/mol. The number of hydrogen-bond acceptors (Lipinski definition) is 4. The van der Waals surface area contributed by atoms with Crippen molar-refractivity contribution in [2.45, 2.75) is 29.6 Å². The van der Waals surface area contributed by atoms with Crippen LogP contribution in [0.5, 0.6) is 0 Å². The molecule has 0 aliphatic rings. The topological polar surface area (TPSA) is 66.9 Å². The average Bonchev–Trinajstić information content (AvgIpc) is 2.47. The van der Waals surface area contributed by atoms with Gasteiger partial charge < -0.3 is 0 Å². The second kappa shape index (κ2) is 6.42. The molecule has 21 heavy (non-hydrogen) atoms. The Balaban J connectivity index is 2.25. The lowest BCUT2D eigenvalue weighted by Crippen LogP contribution is -1.92. The first-order valence-corrected chi connectivity index (χ1v) is 7.29. The van der Waals surface area contributed by atoms with Crippen molar-refractivity contribution in [3.63, 3.8) is 0 Å². The van der Waals surface area contributed by atoms with Crippen molar-refractivity contribution < 1.29 is 4.92 Å². The van der Waals surface area contributed by atoms with E-state index in [9.17, 15) is 10.1 Å². The molecule has 0 fully saturated rings. The maximum absolute atomic E-state index is 11.0. The molecule has 2 rings (SSSR count). The maximum Gasteiger partial charge on any atom is 0.288 e. The first kappa shape index (κ1) is 15.1. The Bertz CT molecular complexity index is 703. The highest BCUT2D eigenvalue weighted by atomic mass is 32.2. The van der Waals surface area contributed by atoms with Crippen LogP contribution in [0.2, 0.25) is 0 Å². The van der Waals surface area contributed by atoms with E-state index in [0.29, 0.717) is 5.92 Å². The normalized spacial score (nSPS) is 10.4. The standard InChI is InChI=1S/C16H14N2O2S/c1-11(2)12-3-6-14(7-4-12)21-15-8-5-13(10-17)16(9-15)18(19)20/h3-9,11H,1-2H3. The summed E-state index contributed by atoms with van der Waals surface area (Å²) in [5.74, 6) is 0.472. The van der Waals surface area contributed by atoms with Crippen LogP contribution in [-0.4, -0.2) is 4.92 Å². The molecular formula is C16H14N2O2S. The van der Waals surface area contributed by atoms with Gasteiger partial charge in [0.05, 0.1) is 4.92 Å². The van der Waals surface area contributed by atoms with Crippen LogP contribution in [0.15, 0.2) is 52.3 Å². The van der Waals surface area contributed by atoms with E-state index in [4.69, 9.17) is 5.26 Å². The highest BCUT2D eigenvalue weighted by molar-refractivity contribution is 7.99. The van der Waals surface area contributed by atoms with Crippen molar-refractivity contribution in [2.75, 3.05) is 0 Å². The summed E-state index contributed by atoms with van der Waals surface area (Å²) in [6.45, 7) is 4.26. The molecule has 4 nitrogen and oxygen atoms in total. The smallest absolute Gasteiger partial charge is 0.258 e. The Kier molecular flexibility index (Phi) is 4.61. The maximum atomic E-state index is 11.0. The summed E-state index contributed by atoms with van der Waals surface area (Å²) in [6, 6.07) is 14.6. The molecular weight excluding hydrogens is 284 g/mol. The van der Waals surface area contributed by atoms with Gasteiger partial charge in [0.15, 0.2) is 0 Å². The van der Waals surface area contributed by atoms with Crippen LogP contribution in [0.3, 0.4) is 0 Å². The van der Waals surface area contributed by atoms with E-state index >= 15 is 0 Å². The number of benzene rings is 2. The third-order valence-corrected chi connectivity index (χ3v) is 4.07. The second-order valence-corrected chi connectivity index (χ2v) is 6.02. The van der Waals surface area contributed by atoms with E-state index < -0.39 is 4.92 Å². The van der Waals surface area contributed by atoms with Gasteiger partial charge in [0.25, 0.3) is 5.69 Å². The fourth-order valence-electron chi connectivity index (χ4n) is 1.88. The Hall–Kier alpha value is -2.32. The molecule has 0 aromatic heterocycles. The number of nitriles is 1. The Morgan fingerprint density at radius 3 is 2.29 bits per heavy atom. The van der Waals surface area contributed by atoms with Crippen molar-refractivity contribution in [3.05, 3.63) is 63.7 Å². The van der Waals surface area contributed by atoms with Gasteiger partial charge >= 0.3 is 0 Å². The SMILES string of the molecule is CC(C)c1ccc(Sc2ccc(C#N)c([N+](=O)[O-])c2)cc1. The van der Waals surface area contributed by atoms with Crippen LogP contribution in [0.4, 0.5) is 5.69 Å². The van der Waals surface area contributed by atoms with Crippen molar-refractivity contribution in [3.8, 4) is 6.07 Å². The van der Waals surface area contributed by atoms with Crippen LogP contribution in [0.1, 0.15) is 30.9 Å². The molecule has 0 bridgehead atoms. The molecule has 0 heterocycles. The van der Waals surface area contributed by atoms with Crippen molar-refractivity contribution >= 4 is 17.4 Å². The molecule has 2 aromatic carbocycles. The molecule has 0 aliphatic carbocycles. The Labute approximate surface area is 127 Å². The van der Waals surface area contributed by atoms with E-state index in [2.05, 4.69) is 26.0 Å². The molecule has 5 heteroatoms. The third kappa shape index (κ3) is 3.61. The number of hydrogen-bond donors (Lipinski definition) is 0. The molecule has 0 atom stereocenters. The van der Waals surface area contributed by atoms with E-state index in [1.54, 1.807) is 6.07 Å². The number of rotatable bonds is 4. The monoisotopic (exact) mass is 298 g/mol. The Morgan fingerprint density at radius 2 is 1.76 bits per heavy atom. The summed E-state index contributed by atoms with van der Waals surface area (Å²) in [5.41, 5.74) is 1.19. The quantitative estimate of drug-likeness (QED) is 0.604. The summed E-state index contributed by atoms with van der Waals surface area (Å²) in [4.78, 5) is 12.2. The molecule has 0 N–H and O–H groups in total. The zero-order chi connectivity index (χ0) is 15.4. The molecule has 0 aliphatic heterocycles. The van der Waals surface area contributed by atoms with Crippen molar-refractivity contribution in [1.29, 1.82) is 5.26 Å². The molecule has 0 saturated carbocycles. The van der Waals surface area contributed by atoms with E-state index in [0.717, 1.165) is 9.79 Å². The molecule has 0 spiro atoms. The summed E-state index contributed by atoms with van der Waals surface area (Å²) < 4.78 is 0. The van der Waals surface area contributed by atoms with Crippen LogP contribution >= 0.6 is 11.8 Å². The van der Waals surface area contributed by atoms with Gasteiger partial charge in [-0.3, -0.25) is 10.1 Å². The molecule has 2 aromatic rings. The third-order valence-electron chi connectivity index (χ3n) is 3.07. The fourth-order valence-corrected chi connectivity index (χ4v) is 2.73. The number of nitro groups is 1. The molecule has 0 radical (unpaired) electrons. The lowest BCUT2D eigenvalue weighted by molar-refractivity contribution is -0.385. The zero-order valence-electron chi connectivity index (χ0n) is 11.7. The van der Waals surface area contributed by atoms with Crippen LogP contribution < -0.4 is 0 Å². The van der Waals surface area contributed by atoms with Crippen LogP contribution in [0, 0.1) is 21.4 Å². The van der Waals surface area contributed by atoms with Gasteiger partial charge in [-0.1, -0.05) is 37.7 Å². The number of nitro benzene ring substituents is 1. The first-order valence-electron chi connectivity index (χ1n) is 6.47. The van der Waals surface area contributed by atoms with Gasteiger partial charge in [-0.05, 0) is 35.7 Å². The van der Waals surface area contributed by atoms with Gasteiger partial charge in [-0.2, -0.15) is 5.26 Å². The lowest BCUT2D eigenvalue weighted by atomic mass is 10.0. The first-order chi connectivity index (χ1) is 10.0. The van der Waals surface area contributed by atoms with E-state index in [-0.39, 0.29) is 11.3 Å². The van der Waals surface area contributed by atoms with Crippen molar-refractivity contribution in [1.82, 2.24) is 0 Å². The predicted octanol–water partition coefficient (Wildman–Crippen LogP) is 4.74. The van der Waals surface area contributed by atoms with Gasteiger partial charge in [-0.25, -0.2) is 0 Å². The van der Waals surface area contributed by atoms with Crippen LogP contribution in [-0.2, 0) is 0 Å². The second-order valence-electron chi connectivity index (χ2n) is 4.87. The van der Waals surface area contributed by atoms with Gasteiger partial charge in [0, 0.05) is 15.9 Å². The lowest BCUT2D eigenvalue weighted by Gasteiger charge is -2.07. The summed E-state index contributed by atoms with van der Waals surface area (Å²) in [6.07, 6.45) is 0. The van der Waals surface area contributed by atoms with Crippen molar-refractivity contribution in [2.24, 2.45) is 0 Å². The summed E-state index contributed by atoms with van der Waals surface area (Å²) >= 11 is 1.44. The minimum absolute atomic E-state index is 0.0829. The highest BCUT2D eigenvalue weighted by Crippen LogP contribution is 2.32. The fraction of sp³-hybridized carbons (Fsp3) is 0.188. The van der Waals surface area contributed by atoms with Gasteiger partial charge in [0.2, 0.25) is 0 Å². The minimum atomic E-state index is -0.523. The highest BCUT2D eigenvalue weighted by Gasteiger charge is 2.14. The molecule has 106 valence electrons. The molecule has 0 unspecified atom stereocenters. The predicted molar refractivity (Wildman–Crippen MR) is 82.5 cm³/mol. The zero-order valence-corrected chi connectivity index (χ0v) is 12.6. The Morgan fingerprint density at radius 1 is 1.14 bits per heavy atom. The van der Waals surface area contributed by atoms with E-state index in [1.165, 1.54) is 29.5 Å². The number of nitrogens with zero attached hydrogens (tertiary/aromatic N) is 2. The van der Waals surface area contributed by atoms with Gasteiger partial charge in [0.1, 0.15) is 11.6 Å².